The van der Waals surface area contributed by atoms with Gasteiger partial charge in [-0.15, -0.1) is 0 Å². The van der Waals surface area contributed by atoms with Crippen LogP contribution >= 0.6 is 0 Å². The molecule has 0 amide bonds. The zero-order valence-electron chi connectivity index (χ0n) is 11.3. The van der Waals surface area contributed by atoms with E-state index in [2.05, 4.69) is 4.72 Å². The minimum Gasteiger partial charge on any atom is -0.377 e. The molecule has 0 saturated heterocycles. The van der Waals surface area contributed by atoms with Crippen molar-refractivity contribution in [3.8, 4) is 6.07 Å². The normalized spacial score (nSPS) is 12.9. The Labute approximate surface area is 114 Å². The molecule has 19 heavy (non-hydrogen) atoms. The van der Waals surface area contributed by atoms with Crippen molar-refractivity contribution >= 4 is 10.0 Å². The molecular weight excluding hydrogens is 264 g/mol. The van der Waals surface area contributed by atoms with Gasteiger partial charge in [-0.3, -0.25) is 0 Å². The largest absolute Gasteiger partial charge is 0.377 e. The number of sulfonamides is 1. The molecule has 0 aromatic heterocycles. The maximum Gasteiger partial charge on any atom is 0.240 e. The first-order valence-corrected chi connectivity index (χ1v) is 7.51. The summed E-state index contributed by atoms with van der Waals surface area (Å²) in [6.45, 7) is 6.09. The lowest BCUT2D eigenvalue weighted by atomic mass is 10.2. The number of hydrogen-bond acceptors (Lipinski definition) is 4. The molecule has 0 fully saturated rings. The predicted molar refractivity (Wildman–Crippen MR) is 72.2 cm³/mol. The topological polar surface area (TPSA) is 79.2 Å². The molecule has 1 aromatic rings. The summed E-state index contributed by atoms with van der Waals surface area (Å²) in [4.78, 5) is 0.190. The van der Waals surface area contributed by atoms with E-state index in [4.69, 9.17) is 10.00 Å². The van der Waals surface area contributed by atoms with Crippen LogP contribution in [-0.4, -0.2) is 27.7 Å². The molecular formula is C13H18N2O3S. The highest BCUT2D eigenvalue weighted by molar-refractivity contribution is 7.89. The van der Waals surface area contributed by atoms with Crippen molar-refractivity contribution in [2.75, 3.05) is 13.2 Å². The van der Waals surface area contributed by atoms with Crippen molar-refractivity contribution in [3.05, 3.63) is 29.3 Å². The van der Waals surface area contributed by atoms with E-state index in [-0.39, 0.29) is 17.5 Å². The number of hydrogen-bond donors (Lipinski definition) is 1. The summed E-state index contributed by atoms with van der Waals surface area (Å²) in [6, 6.07) is 6.47. The van der Waals surface area contributed by atoms with Gasteiger partial charge in [0.15, 0.2) is 0 Å². The Morgan fingerprint density at radius 2 is 2.16 bits per heavy atom. The van der Waals surface area contributed by atoms with Crippen molar-refractivity contribution in [3.63, 3.8) is 0 Å². The maximum atomic E-state index is 12.1. The summed E-state index contributed by atoms with van der Waals surface area (Å²) in [6.07, 6.45) is -0.182. The van der Waals surface area contributed by atoms with Crippen LogP contribution < -0.4 is 4.72 Å². The van der Waals surface area contributed by atoms with E-state index in [1.807, 2.05) is 13.0 Å². The molecule has 6 heteroatoms. The van der Waals surface area contributed by atoms with Crippen molar-refractivity contribution in [2.45, 2.75) is 31.8 Å². The lowest BCUT2D eigenvalue weighted by Crippen LogP contribution is -2.32. The number of nitriles is 1. The number of benzene rings is 1. The maximum absolute atomic E-state index is 12.1. The third-order valence-electron chi connectivity index (χ3n) is 2.61. The lowest BCUT2D eigenvalue weighted by Gasteiger charge is -2.14. The van der Waals surface area contributed by atoms with Crippen molar-refractivity contribution in [2.24, 2.45) is 0 Å². The van der Waals surface area contributed by atoms with Crippen molar-refractivity contribution in [1.29, 1.82) is 5.26 Å². The second-order valence-corrected chi connectivity index (χ2v) is 5.95. The number of nitrogens with zero attached hydrogens (tertiary/aromatic N) is 1. The Balaban J connectivity index is 2.86. The minimum atomic E-state index is -3.57. The highest BCUT2D eigenvalue weighted by atomic mass is 32.2. The van der Waals surface area contributed by atoms with Crippen LogP contribution in [0.1, 0.15) is 25.0 Å². The smallest absolute Gasteiger partial charge is 0.240 e. The fourth-order valence-corrected chi connectivity index (χ4v) is 3.01. The SMILES string of the molecule is CCOC(C)CNS(=O)(=O)c1ccc(C#N)cc1C. The molecule has 0 aliphatic carbocycles. The summed E-state index contributed by atoms with van der Waals surface area (Å²) >= 11 is 0. The third kappa shape index (κ3) is 4.31. The molecule has 0 saturated carbocycles. The zero-order chi connectivity index (χ0) is 14.5. The van der Waals surface area contributed by atoms with Gasteiger partial charge in [-0.25, -0.2) is 13.1 Å². The van der Waals surface area contributed by atoms with Gasteiger partial charge >= 0.3 is 0 Å². The number of ether oxygens (including phenoxy) is 1. The summed E-state index contributed by atoms with van der Waals surface area (Å²) in [5, 5.41) is 8.76. The summed E-state index contributed by atoms with van der Waals surface area (Å²) < 4.78 is 32.0. The number of nitrogens with one attached hydrogen (secondary N) is 1. The van der Waals surface area contributed by atoms with Crippen LogP contribution in [0.2, 0.25) is 0 Å². The minimum absolute atomic E-state index is 0.182. The van der Waals surface area contributed by atoms with E-state index >= 15 is 0 Å². The van der Waals surface area contributed by atoms with E-state index in [1.54, 1.807) is 19.9 Å². The Morgan fingerprint density at radius 3 is 2.68 bits per heavy atom. The lowest BCUT2D eigenvalue weighted by molar-refractivity contribution is 0.0799. The average molecular weight is 282 g/mol. The fraction of sp³-hybridized carbons (Fsp3) is 0.462. The van der Waals surface area contributed by atoms with Gasteiger partial charge in [0.05, 0.1) is 22.6 Å². The molecule has 1 aromatic carbocycles. The van der Waals surface area contributed by atoms with E-state index in [9.17, 15) is 8.42 Å². The third-order valence-corrected chi connectivity index (χ3v) is 4.19. The van der Waals surface area contributed by atoms with Crippen LogP contribution in [-0.2, 0) is 14.8 Å². The van der Waals surface area contributed by atoms with E-state index < -0.39 is 10.0 Å². The molecule has 0 aliphatic heterocycles. The van der Waals surface area contributed by atoms with E-state index in [1.165, 1.54) is 12.1 Å². The molecule has 1 rings (SSSR count). The molecule has 1 N–H and O–H groups in total. The fourth-order valence-electron chi connectivity index (χ4n) is 1.67. The Hall–Kier alpha value is -1.42. The molecule has 1 unspecified atom stereocenters. The molecule has 0 bridgehead atoms. The first kappa shape index (κ1) is 15.6. The highest BCUT2D eigenvalue weighted by Gasteiger charge is 2.17. The van der Waals surface area contributed by atoms with E-state index in [0.29, 0.717) is 17.7 Å². The molecule has 0 aliphatic rings. The summed E-state index contributed by atoms with van der Waals surface area (Å²) in [5.74, 6) is 0. The van der Waals surface area contributed by atoms with Crippen molar-refractivity contribution in [1.82, 2.24) is 4.72 Å². The summed E-state index contributed by atoms with van der Waals surface area (Å²) in [7, 11) is -3.57. The molecule has 0 spiro atoms. The van der Waals surface area contributed by atoms with Gasteiger partial charge in [-0.05, 0) is 44.5 Å². The Kier molecular flexibility index (Phi) is 5.48. The molecule has 104 valence electrons. The molecule has 5 nitrogen and oxygen atoms in total. The highest BCUT2D eigenvalue weighted by Crippen LogP contribution is 2.16. The van der Waals surface area contributed by atoms with Gasteiger partial charge in [-0.2, -0.15) is 5.26 Å². The van der Waals surface area contributed by atoms with Gasteiger partial charge in [0.1, 0.15) is 0 Å². The van der Waals surface area contributed by atoms with Crippen LogP contribution in [0.4, 0.5) is 0 Å². The molecule has 0 heterocycles. The number of rotatable bonds is 6. The number of aryl methyl sites for hydroxylation is 1. The zero-order valence-corrected chi connectivity index (χ0v) is 12.1. The Morgan fingerprint density at radius 1 is 1.47 bits per heavy atom. The summed E-state index contributed by atoms with van der Waals surface area (Å²) in [5.41, 5.74) is 0.995. The molecule has 1 atom stereocenters. The quantitative estimate of drug-likeness (QED) is 0.859. The Bertz CT molecular complexity index is 576. The van der Waals surface area contributed by atoms with Crippen LogP contribution in [0.5, 0.6) is 0 Å². The second kappa shape index (κ2) is 6.66. The van der Waals surface area contributed by atoms with Gasteiger partial charge in [-0.1, -0.05) is 0 Å². The van der Waals surface area contributed by atoms with Crippen LogP contribution in [0.3, 0.4) is 0 Å². The first-order chi connectivity index (χ1) is 8.90. The monoisotopic (exact) mass is 282 g/mol. The van der Waals surface area contributed by atoms with Crippen molar-refractivity contribution < 1.29 is 13.2 Å². The first-order valence-electron chi connectivity index (χ1n) is 6.02. The van der Waals surface area contributed by atoms with Gasteiger partial charge in [0.25, 0.3) is 0 Å². The van der Waals surface area contributed by atoms with Crippen LogP contribution in [0.15, 0.2) is 23.1 Å². The van der Waals surface area contributed by atoms with Gasteiger partial charge in [0.2, 0.25) is 10.0 Å². The van der Waals surface area contributed by atoms with Gasteiger partial charge < -0.3 is 4.74 Å². The van der Waals surface area contributed by atoms with Crippen LogP contribution in [0.25, 0.3) is 0 Å². The van der Waals surface area contributed by atoms with Crippen LogP contribution in [0, 0.1) is 18.3 Å². The molecule has 0 radical (unpaired) electrons. The predicted octanol–water partition coefficient (Wildman–Crippen LogP) is 1.57. The second-order valence-electron chi connectivity index (χ2n) is 4.21. The van der Waals surface area contributed by atoms with Gasteiger partial charge in [0, 0.05) is 13.2 Å². The van der Waals surface area contributed by atoms with E-state index in [0.717, 1.165) is 0 Å². The standard InChI is InChI=1S/C13H18N2O3S/c1-4-18-11(3)9-15-19(16,17)13-6-5-12(8-14)7-10(13)2/h5-7,11,15H,4,9H2,1-3H3. The average Bonchev–Trinajstić information content (AvgIpc) is 2.36.